The number of aromatic nitrogens is 2. The zero-order chi connectivity index (χ0) is 41.2. The summed E-state index contributed by atoms with van der Waals surface area (Å²) in [5, 5.41) is 29.3. The Morgan fingerprint density at radius 1 is 1.03 bits per heavy atom. The first-order valence-corrected chi connectivity index (χ1v) is 19.3. The van der Waals surface area contributed by atoms with E-state index in [4.69, 9.17) is 25.2 Å². The monoisotopic (exact) mass is 824 g/mol. The Bertz CT molecular complexity index is 2230. The smallest absolute Gasteiger partial charge is 0.405 e. The van der Waals surface area contributed by atoms with Gasteiger partial charge in [-0.3, -0.25) is 24.4 Å². The number of carbonyl (C=O) groups is 2. The summed E-state index contributed by atoms with van der Waals surface area (Å²) in [5.74, 6) is -0.146. The number of furan rings is 1. The lowest BCUT2D eigenvalue weighted by atomic mass is 9.81. The number of aliphatic hydroxyl groups excluding tert-OH is 2. The first-order chi connectivity index (χ1) is 27.7. The molecule has 1 fully saturated rings. The summed E-state index contributed by atoms with van der Waals surface area (Å²) in [5.41, 5.74) is -0.958. The molecule has 4 N–H and O–H groups in total. The lowest BCUT2D eigenvalue weighted by Gasteiger charge is -2.56. The van der Waals surface area contributed by atoms with Crippen molar-refractivity contribution in [1.29, 1.82) is 0 Å². The molecular formula is C41H44ClF3N6O7. The maximum atomic E-state index is 14.5. The predicted octanol–water partition coefficient (Wildman–Crippen LogP) is 5.75. The van der Waals surface area contributed by atoms with Crippen LogP contribution in [0.5, 0.6) is 5.75 Å². The molecule has 58 heavy (non-hydrogen) atoms. The summed E-state index contributed by atoms with van der Waals surface area (Å²) in [4.78, 5) is 39.7. The molecule has 4 atom stereocenters. The van der Waals surface area contributed by atoms with Gasteiger partial charge in [0.15, 0.2) is 11.3 Å². The third-order valence-corrected chi connectivity index (χ3v) is 11.2. The molecule has 0 radical (unpaired) electrons. The highest BCUT2D eigenvalue weighted by Gasteiger charge is 2.58. The largest absolute Gasteiger partial charge is 0.490 e. The minimum atomic E-state index is -4.74. The first-order valence-electron chi connectivity index (χ1n) is 18.9. The topological polar surface area (TPSA) is 166 Å². The molecule has 3 aromatic heterocycles. The SMILES string of the molecule is CC(C)(c1ncc(-c2ccc(Cl)cc2)o1)N1CCN(CCCCC(=O)N[C@H]2c3ccccc3OC[C@H]2O)[C@](Cc2coc3cnccc23)(C(=O)NCC(F)(F)F)[C@@H]1O. The van der Waals surface area contributed by atoms with E-state index in [-0.39, 0.29) is 50.9 Å². The van der Waals surface area contributed by atoms with E-state index in [9.17, 15) is 33.0 Å². The molecule has 0 spiro atoms. The van der Waals surface area contributed by atoms with Crippen LogP contribution < -0.4 is 15.4 Å². The van der Waals surface area contributed by atoms with E-state index in [0.717, 1.165) is 0 Å². The highest BCUT2D eigenvalue weighted by Crippen LogP contribution is 2.41. The molecule has 0 bridgehead atoms. The summed E-state index contributed by atoms with van der Waals surface area (Å²) < 4.78 is 58.7. The summed E-state index contributed by atoms with van der Waals surface area (Å²) in [7, 11) is 0. The molecule has 2 amide bonds. The van der Waals surface area contributed by atoms with Crippen molar-refractivity contribution in [1.82, 2.24) is 30.4 Å². The fourth-order valence-electron chi connectivity index (χ4n) is 7.89. The number of benzene rings is 2. The molecular weight excluding hydrogens is 781 g/mol. The van der Waals surface area contributed by atoms with Crippen LogP contribution in [0.1, 0.15) is 56.2 Å². The van der Waals surface area contributed by atoms with Gasteiger partial charge in [-0.25, -0.2) is 4.98 Å². The highest BCUT2D eigenvalue weighted by atomic mass is 35.5. The van der Waals surface area contributed by atoms with E-state index >= 15 is 0 Å². The van der Waals surface area contributed by atoms with Gasteiger partial charge in [-0.05, 0) is 69.6 Å². The van der Waals surface area contributed by atoms with Gasteiger partial charge in [0.1, 0.15) is 36.8 Å². The van der Waals surface area contributed by atoms with E-state index in [0.29, 0.717) is 57.0 Å². The number of para-hydroxylation sites is 1. The maximum absolute atomic E-state index is 14.5. The Kier molecular flexibility index (Phi) is 11.9. The standard InChI is InChI=1S/C41H44ClF3N6O7/c1-39(2,37-47-21-32(58-37)25-10-12-27(42)13-11-25)51-18-17-50(16-6-5-9-34(53)49-35-29-7-3-4-8-31(29)57-23-30(35)52)40(38(51)55,36(54)48-24-41(43,44)45)19-26-22-56-33-20-46-15-14-28(26)33/h3-4,7-8,10-15,20-22,30,35,38,52,55H,5-6,9,16-19,23-24H2,1-2H3,(H,48,54)(H,49,53)/t30-,35+,38+,40-/m1/s1. The second kappa shape index (κ2) is 16.7. The molecule has 308 valence electrons. The summed E-state index contributed by atoms with van der Waals surface area (Å²) >= 11 is 6.08. The van der Waals surface area contributed by atoms with Crippen molar-refractivity contribution in [3.8, 4) is 17.1 Å². The second-order valence-corrected chi connectivity index (χ2v) is 15.5. The van der Waals surface area contributed by atoms with Gasteiger partial charge in [-0.15, -0.1) is 0 Å². The number of carbonyl (C=O) groups excluding carboxylic acids is 2. The number of aliphatic hydroxyl groups is 2. The lowest BCUT2D eigenvalue weighted by Crippen LogP contribution is -2.76. The molecule has 2 aliphatic heterocycles. The van der Waals surface area contributed by atoms with Crippen LogP contribution in [-0.2, 0) is 21.5 Å². The Balaban J connectivity index is 1.17. The number of unbranched alkanes of at least 4 members (excludes halogenated alkanes) is 1. The van der Waals surface area contributed by atoms with Crippen LogP contribution in [0, 0.1) is 0 Å². The minimum absolute atomic E-state index is 0.0213. The van der Waals surface area contributed by atoms with Gasteiger partial charge in [0, 0.05) is 59.2 Å². The number of rotatable bonds is 13. The predicted molar refractivity (Wildman–Crippen MR) is 206 cm³/mol. The van der Waals surface area contributed by atoms with Gasteiger partial charge < -0.3 is 34.4 Å². The second-order valence-electron chi connectivity index (χ2n) is 15.1. The minimum Gasteiger partial charge on any atom is -0.490 e. The molecule has 17 heteroatoms. The number of hydrogen-bond donors (Lipinski definition) is 4. The average molecular weight is 825 g/mol. The van der Waals surface area contributed by atoms with E-state index in [2.05, 4.69) is 20.6 Å². The van der Waals surface area contributed by atoms with Crippen molar-refractivity contribution in [3.63, 3.8) is 0 Å². The van der Waals surface area contributed by atoms with Gasteiger partial charge in [-0.2, -0.15) is 13.2 Å². The number of amides is 2. The number of nitrogens with zero attached hydrogens (tertiary/aromatic N) is 4. The number of oxazole rings is 1. The van der Waals surface area contributed by atoms with E-state index in [1.165, 1.54) is 24.9 Å². The van der Waals surface area contributed by atoms with Crippen molar-refractivity contribution in [3.05, 3.63) is 101 Å². The fraction of sp³-hybridized carbons (Fsp3) is 0.415. The molecule has 0 unspecified atom stereocenters. The van der Waals surface area contributed by atoms with E-state index < -0.39 is 48.1 Å². The van der Waals surface area contributed by atoms with Crippen LogP contribution in [0.4, 0.5) is 13.2 Å². The van der Waals surface area contributed by atoms with Crippen molar-refractivity contribution in [2.75, 3.05) is 32.8 Å². The average Bonchev–Trinajstić information content (AvgIpc) is 3.86. The number of alkyl halides is 3. The van der Waals surface area contributed by atoms with Gasteiger partial charge in [-0.1, -0.05) is 29.8 Å². The third-order valence-electron chi connectivity index (χ3n) is 11.0. The number of halogens is 4. The van der Waals surface area contributed by atoms with Crippen LogP contribution in [0.2, 0.25) is 5.02 Å². The molecule has 13 nitrogen and oxygen atoms in total. The van der Waals surface area contributed by atoms with Gasteiger partial charge in [0.05, 0.1) is 30.2 Å². The van der Waals surface area contributed by atoms with Crippen LogP contribution in [-0.4, -0.2) is 98.6 Å². The number of pyridine rings is 1. The van der Waals surface area contributed by atoms with Crippen molar-refractivity contribution < 1.29 is 46.5 Å². The number of ether oxygens (including phenoxy) is 1. The summed E-state index contributed by atoms with van der Waals surface area (Å²) in [6.07, 6.45) is -0.933. The summed E-state index contributed by atoms with van der Waals surface area (Å²) in [6, 6.07) is 15.1. The molecule has 2 aromatic carbocycles. The molecule has 7 rings (SSSR count). The number of nitrogens with one attached hydrogen (secondary N) is 2. The normalized spacial score (nSPS) is 21.7. The zero-order valence-corrected chi connectivity index (χ0v) is 32.6. The Morgan fingerprint density at radius 2 is 1.81 bits per heavy atom. The van der Waals surface area contributed by atoms with Gasteiger partial charge in [0.25, 0.3) is 0 Å². The van der Waals surface area contributed by atoms with Crippen LogP contribution in [0.15, 0.2) is 88.3 Å². The maximum Gasteiger partial charge on any atom is 0.405 e. The first kappa shape index (κ1) is 41.2. The van der Waals surface area contributed by atoms with Crippen molar-refractivity contribution >= 4 is 34.4 Å². The van der Waals surface area contributed by atoms with Crippen LogP contribution >= 0.6 is 11.6 Å². The number of hydrogen-bond acceptors (Lipinski definition) is 11. The molecule has 5 aromatic rings. The van der Waals surface area contributed by atoms with Crippen LogP contribution in [0.25, 0.3) is 22.3 Å². The molecule has 2 aliphatic rings. The quantitative estimate of drug-likeness (QED) is 0.107. The van der Waals surface area contributed by atoms with Gasteiger partial charge >= 0.3 is 6.18 Å². The summed E-state index contributed by atoms with van der Waals surface area (Å²) in [6.45, 7) is 2.35. The van der Waals surface area contributed by atoms with Crippen LogP contribution in [0.3, 0.4) is 0 Å². The Morgan fingerprint density at radius 3 is 2.59 bits per heavy atom. The lowest BCUT2D eigenvalue weighted by molar-refractivity contribution is -0.196. The van der Waals surface area contributed by atoms with E-state index in [1.54, 1.807) is 78.2 Å². The molecule has 0 saturated carbocycles. The fourth-order valence-corrected chi connectivity index (χ4v) is 8.02. The zero-order valence-electron chi connectivity index (χ0n) is 31.8. The Labute approximate surface area is 337 Å². The van der Waals surface area contributed by atoms with E-state index in [1.807, 2.05) is 0 Å². The molecule has 5 heterocycles. The number of piperazine rings is 1. The number of fused-ring (bicyclic) bond motifs is 2. The molecule has 1 saturated heterocycles. The highest BCUT2D eigenvalue weighted by molar-refractivity contribution is 6.30. The van der Waals surface area contributed by atoms with Crippen molar-refractivity contribution in [2.24, 2.45) is 0 Å². The van der Waals surface area contributed by atoms with Crippen molar-refractivity contribution in [2.45, 2.75) is 75.2 Å². The third kappa shape index (κ3) is 8.43. The van der Waals surface area contributed by atoms with Gasteiger partial charge in [0.2, 0.25) is 17.7 Å². The Hall–Kier alpha value is -5.00. The molecule has 0 aliphatic carbocycles.